The number of imidazole rings is 1. The maximum Gasteiger partial charge on any atom is 0.251 e. The van der Waals surface area contributed by atoms with Crippen LogP contribution in [0.15, 0.2) is 42.5 Å². The number of fused-ring (bicyclic) bond motifs is 3. The van der Waals surface area contributed by atoms with E-state index < -0.39 is 0 Å². The number of carbonyl (C=O) groups excluding carboxylic acids is 1. The number of nitrogens with one attached hydrogen (secondary N) is 2. The van der Waals surface area contributed by atoms with Crippen LogP contribution in [0.25, 0.3) is 11.0 Å². The van der Waals surface area contributed by atoms with Gasteiger partial charge < -0.3 is 19.8 Å². The van der Waals surface area contributed by atoms with Gasteiger partial charge in [-0.25, -0.2) is 4.98 Å². The molecular formula is C23H25N3O3. The van der Waals surface area contributed by atoms with Crippen LogP contribution in [0.3, 0.4) is 0 Å². The van der Waals surface area contributed by atoms with E-state index in [9.17, 15) is 4.79 Å². The van der Waals surface area contributed by atoms with Crippen molar-refractivity contribution in [3.63, 3.8) is 0 Å². The second-order valence-electron chi connectivity index (χ2n) is 8.43. The molecule has 0 saturated heterocycles. The molecule has 1 heterocycles. The van der Waals surface area contributed by atoms with Gasteiger partial charge in [-0.2, -0.15) is 0 Å². The van der Waals surface area contributed by atoms with Gasteiger partial charge in [-0.1, -0.05) is 18.6 Å². The summed E-state index contributed by atoms with van der Waals surface area (Å²) in [5.74, 6) is 2.20. The quantitative estimate of drug-likeness (QED) is 0.690. The van der Waals surface area contributed by atoms with E-state index in [4.69, 9.17) is 14.5 Å². The van der Waals surface area contributed by atoms with Crippen LogP contribution in [0.5, 0.6) is 11.5 Å². The lowest BCUT2D eigenvalue weighted by atomic mass is 9.49. The van der Waals surface area contributed by atoms with Gasteiger partial charge in [0.05, 0.1) is 25.3 Å². The zero-order chi connectivity index (χ0) is 20.1. The molecule has 3 fully saturated rings. The second kappa shape index (κ2) is 6.51. The van der Waals surface area contributed by atoms with Crippen LogP contribution < -0.4 is 14.8 Å². The summed E-state index contributed by atoms with van der Waals surface area (Å²) in [4.78, 5) is 21.4. The predicted molar refractivity (Wildman–Crippen MR) is 111 cm³/mol. The highest BCUT2D eigenvalue weighted by Gasteiger charge is 2.60. The fourth-order valence-corrected chi connectivity index (χ4v) is 5.25. The fraction of sp³-hybridized carbons (Fsp3) is 0.391. The molecule has 2 aromatic carbocycles. The number of carbonyl (C=O) groups is 1. The smallest absolute Gasteiger partial charge is 0.251 e. The normalized spacial score (nSPS) is 25.3. The molecule has 1 aromatic heterocycles. The molecular weight excluding hydrogens is 366 g/mol. The van der Waals surface area contributed by atoms with Gasteiger partial charge in [0, 0.05) is 22.6 Å². The van der Waals surface area contributed by atoms with Gasteiger partial charge in [-0.15, -0.1) is 0 Å². The Morgan fingerprint density at radius 3 is 2.48 bits per heavy atom. The highest BCUT2D eigenvalue weighted by atomic mass is 16.5. The summed E-state index contributed by atoms with van der Waals surface area (Å²) < 4.78 is 10.6. The Morgan fingerprint density at radius 1 is 1.07 bits per heavy atom. The Hall–Kier alpha value is -3.02. The summed E-state index contributed by atoms with van der Waals surface area (Å²) >= 11 is 0. The van der Waals surface area contributed by atoms with E-state index in [2.05, 4.69) is 16.4 Å². The number of aromatic nitrogens is 2. The van der Waals surface area contributed by atoms with Crippen LogP contribution in [0.4, 0.5) is 0 Å². The Morgan fingerprint density at radius 2 is 1.79 bits per heavy atom. The minimum Gasteiger partial charge on any atom is -0.497 e. The molecule has 2 N–H and O–H groups in total. The van der Waals surface area contributed by atoms with Crippen molar-refractivity contribution < 1.29 is 14.3 Å². The van der Waals surface area contributed by atoms with Crippen LogP contribution in [-0.2, 0) is 5.41 Å². The lowest BCUT2D eigenvalue weighted by Gasteiger charge is -2.60. The average Bonchev–Trinajstić information content (AvgIpc) is 3.17. The van der Waals surface area contributed by atoms with Gasteiger partial charge in [0.15, 0.2) is 0 Å². The van der Waals surface area contributed by atoms with Crippen molar-refractivity contribution >= 4 is 16.9 Å². The Balaban J connectivity index is 1.37. The number of amides is 1. The van der Waals surface area contributed by atoms with E-state index in [1.807, 2.05) is 18.2 Å². The maximum absolute atomic E-state index is 13.0. The topological polar surface area (TPSA) is 76.2 Å². The molecule has 3 saturated carbocycles. The maximum atomic E-state index is 13.0. The van der Waals surface area contributed by atoms with Crippen molar-refractivity contribution in [1.29, 1.82) is 0 Å². The standard InChI is InChI=1S/C23H25N3O3/c1-28-16-10-15(11-17(12-16)29-2)20(27)26-23-9-5-8-22(13-23,14-23)21-24-18-6-3-4-7-19(18)25-21/h3-4,6-7,10-12H,5,8-9,13-14H2,1-2H3,(H,24,25)(H,26,27). The number of hydrogen-bond donors (Lipinski definition) is 2. The second-order valence-corrected chi connectivity index (χ2v) is 8.43. The highest BCUT2D eigenvalue weighted by molar-refractivity contribution is 5.95. The number of aromatic amines is 1. The van der Waals surface area contributed by atoms with Crippen LogP contribution >= 0.6 is 0 Å². The molecule has 6 rings (SSSR count). The van der Waals surface area contributed by atoms with Crippen LogP contribution in [-0.4, -0.2) is 35.6 Å². The third-order valence-electron chi connectivity index (χ3n) is 6.55. The molecule has 6 nitrogen and oxygen atoms in total. The Labute approximate surface area is 169 Å². The molecule has 0 atom stereocenters. The third kappa shape index (κ3) is 2.94. The van der Waals surface area contributed by atoms with Crippen molar-refractivity contribution in [3.8, 4) is 11.5 Å². The largest absolute Gasteiger partial charge is 0.497 e. The molecule has 0 radical (unpaired) electrons. The monoisotopic (exact) mass is 391 g/mol. The minimum absolute atomic E-state index is 0.0383. The molecule has 0 aliphatic heterocycles. The van der Waals surface area contributed by atoms with Crippen LogP contribution in [0.2, 0.25) is 0 Å². The number of hydrogen-bond acceptors (Lipinski definition) is 4. The fourth-order valence-electron chi connectivity index (χ4n) is 5.25. The zero-order valence-corrected chi connectivity index (χ0v) is 16.7. The first-order valence-electron chi connectivity index (χ1n) is 10.1. The van der Waals surface area contributed by atoms with Crippen molar-refractivity contribution in [2.45, 2.75) is 43.1 Å². The van der Waals surface area contributed by atoms with Crippen molar-refractivity contribution in [2.75, 3.05) is 14.2 Å². The summed E-state index contributed by atoms with van der Waals surface area (Å²) in [5.41, 5.74) is 2.52. The number of ether oxygens (including phenoxy) is 2. The lowest BCUT2D eigenvalue weighted by Crippen LogP contribution is -2.66. The van der Waals surface area contributed by atoms with E-state index in [0.29, 0.717) is 17.1 Å². The third-order valence-corrected chi connectivity index (χ3v) is 6.55. The van der Waals surface area contributed by atoms with Gasteiger partial charge in [-0.05, 0) is 49.9 Å². The molecule has 1 amide bonds. The predicted octanol–water partition coefficient (Wildman–Crippen LogP) is 3.96. The number of rotatable bonds is 5. The summed E-state index contributed by atoms with van der Waals surface area (Å²) in [6.45, 7) is 0. The number of H-pyrrole nitrogens is 1. The van der Waals surface area contributed by atoms with Gasteiger partial charge in [-0.3, -0.25) is 4.79 Å². The molecule has 3 aliphatic rings. The summed E-state index contributed by atoms with van der Waals surface area (Å²) in [5, 5.41) is 3.32. The number of para-hydroxylation sites is 2. The number of nitrogens with zero attached hydrogens (tertiary/aromatic N) is 1. The summed E-state index contributed by atoms with van der Waals surface area (Å²) in [6.07, 6.45) is 5.04. The number of methoxy groups -OCH3 is 2. The van der Waals surface area contributed by atoms with E-state index in [-0.39, 0.29) is 16.9 Å². The van der Waals surface area contributed by atoms with E-state index in [1.54, 1.807) is 32.4 Å². The van der Waals surface area contributed by atoms with E-state index >= 15 is 0 Å². The molecule has 3 aliphatic carbocycles. The molecule has 150 valence electrons. The van der Waals surface area contributed by atoms with Gasteiger partial charge in [0.25, 0.3) is 5.91 Å². The van der Waals surface area contributed by atoms with E-state index in [1.165, 1.54) is 0 Å². The Kier molecular flexibility index (Phi) is 4.05. The average molecular weight is 391 g/mol. The van der Waals surface area contributed by atoms with Crippen molar-refractivity contribution in [2.24, 2.45) is 0 Å². The SMILES string of the molecule is COc1cc(OC)cc(C(=O)NC23CCCC(c4nc5ccccc5[nH]4)(C2)C3)c1. The van der Waals surface area contributed by atoms with Gasteiger partial charge >= 0.3 is 0 Å². The van der Waals surface area contributed by atoms with Gasteiger partial charge in [0.1, 0.15) is 17.3 Å². The molecule has 2 bridgehead atoms. The first kappa shape index (κ1) is 18.0. The van der Waals surface area contributed by atoms with Gasteiger partial charge in [0.2, 0.25) is 0 Å². The highest BCUT2D eigenvalue weighted by Crippen LogP contribution is 2.58. The van der Waals surface area contributed by atoms with Crippen molar-refractivity contribution in [3.05, 3.63) is 53.9 Å². The molecule has 0 spiro atoms. The van der Waals surface area contributed by atoms with E-state index in [0.717, 1.165) is 49.0 Å². The molecule has 3 aromatic rings. The van der Waals surface area contributed by atoms with Crippen LogP contribution in [0.1, 0.15) is 48.3 Å². The number of benzene rings is 2. The molecule has 29 heavy (non-hydrogen) atoms. The lowest BCUT2D eigenvalue weighted by molar-refractivity contribution is 0.00532. The first-order valence-corrected chi connectivity index (χ1v) is 10.1. The summed E-state index contributed by atoms with van der Waals surface area (Å²) in [6, 6.07) is 13.4. The van der Waals surface area contributed by atoms with Crippen molar-refractivity contribution in [1.82, 2.24) is 15.3 Å². The summed E-state index contributed by atoms with van der Waals surface area (Å²) in [7, 11) is 3.17. The first-order chi connectivity index (χ1) is 14.0. The van der Waals surface area contributed by atoms with Crippen LogP contribution in [0, 0.1) is 0 Å². The minimum atomic E-state index is -0.162. The zero-order valence-electron chi connectivity index (χ0n) is 16.7. The molecule has 6 heteroatoms. The Bertz CT molecular complexity index is 1030. The molecule has 0 unspecified atom stereocenters.